The smallest absolute Gasteiger partial charge is 0.109 e. The molecular formula is C13H23N3. The van der Waals surface area contributed by atoms with E-state index in [1.54, 1.807) is 0 Å². The van der Waals surface area contributed by atoms with Gasteiger partial charge in [0.15, 0.2) is 0 Å². The second-order valence-electron chi connectivity index (χ2n) is 4.88. The molecule has 1 N–H and O–H groups in total. The first kappa shape index (κ1) is 11.6. The van der Waals surface area contributed by atoms with Crippen molar-refractivity contribution >= 4 is 0 Å². The van der Waals surface area contributed by atoms with E-state index < -0.39 is 0 Å². The Hall–Kier alpha value is -0.830. The van der Waals surface area contributed by atoms with Gasteiger partial charge in [-0.1, -0.05) is 6.92 Å². The summed E-state index contributed by atoms with van der Waals surface area (Å²) in [5.74, 6) is 2.07. The number of hydrogen-bond acceptors (Lipinski definition) is 2. The van der Waals surface area contributed by atoms with E-state index in [2.05, 4.69) is 28.7 Å². The monoisotopic (exact) mass is 221 g/mol. The van der Waals surface area contributed by atoms with E-state index >= 15 is 0 Å². The zero-order valence-corrected chi connectivity index (χ0v) is 10.5. The minimum Gasteiger partial charge on any atom is -0.332 e. The van der Waals surface area contributed by atoms with Crippen molar-refractivity contribution in [1.29, 1.82) is 0 Å². The Morgan fingerprint density at radius 3 is 3.12 bits per heavy atom. The third-order valence-electron chi connectivity index (χ3n) is 3.46. The van der Waals surface area contributed by atoms with Gasteiger partial charge in [0.05, 0.1) is 0 Å². The highest BCUT2D eigenvalue weighted by Crippen LogP contribution is 2.17. The molecule has 1 saturated heterocycles. The van der Waals surface area contributed by atoms with Crippen LogP contribution in [0.4, 0.5) is 0 Å². The number of aromatic nitrogens is 2. The van der Waals surface area contributed by atoms with Crippen molar-refractivity contribution in [1.82, 2.24) is 14.9 Å². The van der Waals surface area contributed by atoms with Gasteiger partial charge in [-0.05, 0) is 45.2 Å². The molecule has 1 aliphatic heterocycles. The van der Waals surface area contributed by atoms with Gasteiger partial charge in [-0.2, -0.15) is 0 Å². The van der Waals surface area contributed by atoms with Gasteiger partial charge in [-0.3, -0.25) is 0 Å². The van der Waals surface area contributed by atoms with Crippen LogP contribution >= 0.6 is 0 Å². The Balaban J connectivity index is 2.02. The van der Waals surface area contributed by atoms with Crippen LogP contribution in [0.2, 0.25) is 0 Å². The number of nitrogens with one attached hydrogen (secondary N) is 1. The minimum absolute atomic E-state index is 0.783. The van der Waals surface area contributed by atoms with E-state index in [0.717, 1.165) is 25.4 Å². The molecule has 1 aliphatic rings. The molecule has 1 aromatic rings. The van der Waals surface area contributed by atoms with Gasteiger partial charge in [0.25, 0.3) is 0 Å². The largest absolute Gasteiger partial charge is 0.332 e. The summed E-state index contributed by atoms with van der Waals surface area (Å²) in [4.78, 5) is 4.56. The van der Waals surface area contributed by atoms with E-state index in [4.69, 9.17) is 0 Å². The van der Waals surface area contributed by atoms with E-state index in [1.807, 2.05) is 6.20 Å². The first-order valence-electron chi connectivity index (χ1n) is 6.53. The molecular weight excluding hydrogens is 198 g/mol. The molecule has 0 bridgehead atoms. The normalized spacial score (nSPS) is 21.2. The van der Waals surface area contributed by atoms with Crippen LogP contribution in [-0.2, 0) is 13.0 Å². The number of nitrogens with zero attached hydrogens (tertiary/aromatic N) is 2. The lowest BCUT2D eigenvalue weighted by molar-refractivity contribution is 0.365. The third-order valence-corrected chi connectivity index (χ3v) is 3.46. The van der Waals surface area contributed by atoms with Gasteiger partial charge in [0.2, 0.25) is 0 Å². The summed E-state index contributed by atoms with van der Waals surface area (Å²) in [7, 11) is 0. The van der Waals surface area contributed by atoms with Gasteiger partial charge in [-0.25, -0.2) is 4.98 Å². The van der Waals surface area contributed by atoms with E-state index in [0.29, 0.717) is 0 Å². The molecule has 0 unspecified atom stereocenters. The van der Waals surface area contributed by atoms with Crippen molar-refractivity contribution < 1.29 is 0 Å². The lowest BCUT2D eigenvalue weighted by atomic mass is 9.96. The molecule has 0 radical (unpaired) electrons. The predicted molar refractivity (Wildman–Crippen MR) is 66.6 cm³/mol. The van der Waals surface area contributed by atoms with Crippen molar-refractivity contribution in [3.05, 3.63) is 17.7 Å². The molecule has 0 spiro atoms. The van der Waals surface area contributed by atoms with Crippen LogP contribution < -0.4 is 5.32 Å². The van der Waals surface area contributed by atoms with Crippen molar-refractivity contribution in [2.45, 2.75) is 46.1 Å². The summed E-state index contributed by atoms with van der Waals surface area (Å²) in [5.41, 5.74) is 1.31. The number of imidazole rings is 1. The van der Waals surface area contributed by atoms with E-state index in [-0.39, 0.29) is 0 Å². The third kappa shape index (κ3) is 2.64. The molecule has 3 nitrogen and oxygen atoms in total. The molecule has 90 valence electrons. The topological polar surface area (TPSA) is 29.9 Å². The standard InChI is InChI=1S/C13H23N3/c1-3-7-16-11(2)9-15-13(16)8-12-5-4-6-14-10-12/h9,12,14H,3-8,10H2,1-2H3/t12-/m1/s1. The van der Waals surface area contributed by atoms with E-state index in [9.17, 15) is 0 Å². The van der Waals surface area contributed by atoms with Crippen LogP contribution in [0.1, 0.15) is 37.7 Å². The van der Waals surface area contributed by atoms with Gasteiger partial charge < -0.3 is 9.88 Å². The van der Waals surface area contributed by atoms with Crippen LogP contribution in [0.25, 0.3) is 0 Å². The number of aryl methyl sites for hydroxylation is 1. The fraction of sp³-hybridized carbons (Fsp3) is 0.769. The van der Waals surface area contributed by atoms with Gasteiger partial charge in [-0.15, -0.1) is 0 Å². The molecule has 16 heavy (non-hydrogen) atoms. The molecule has 0 aromatic carbocycles. The van der Waals surface area contributed by atoms with Crippen LogP contribution in [0, 0.1) is 12.8 Å². The molecule has 2 rings (SSSR count). The van der Waals surface area contributed by atoms with Gasteiger partial charge >= 0.3 is 0 Å². The second kappa shape index (κ2) is 5.48. The number of rotatable bonds is 4. The lowest BCUT2D eigenvalue weighted by Gasteiger charge is -2.22. The Morgan fingerprint density at radius 1 is 1.56 bits per heavy atom. The quantitative estimate of drug-likeness (QED) is 0.844. The highest BCUT2D eigenvalue weighted by molar-refractivity contribution is 5.04. The highest BCUT2D eigenvalue weighted by Gasteiger charge is 2.16. The maximum atomic E-state index is 4.56. The maximum Gasteiger partial charge on any atom is 0.109 e. The molecule has 1 fully saturated rings. The molecule has 1 aromatic heterocycles. The average Bonchev–Trinajstić information content (AvgIpc) is 2.64. The van der Waals surface area contributed by atoms with Crippen molar-refractivity contribution in [2.75, 3.05) is 13.1 Å². The summed E-state index contributed by atoms with van der Waals surface area (Å²) in [5, 5.41) is 3.48. The molecule has 1 atom stereocenters. The van der Waals surface area contributed by atoms with Crippen molar-refractivity contribution in [2.24, 2.45) is 5.92 Å². The fourth-order valence-electron chi connectivity index (χ4n) is 2.56. The second-order valence-corrected chi connectivity index (χ2v) is 4.88. The van der Waals surface area contributed by atoms with Crippen LogP contribution in [-0.4, -0.2) is 22.6 Å². The summed E-state index contributed by atoms with van der Waals surface area (Å²) < 4.78 is 2.38. The number of hydrogen-bond donors (Lipinski definition) is 1. The van der Waals surface area contributed by atoms with E-state index in [1.165, 1.54) is 37.3 Å². The van der Waals surface area contributed by atoms with Crippen LogP contribution in [0.15, 0.2) is 6.20 Å². The zero-order valence-electron chi connectivity index (χ0n) is 10.5. The molecule has 3 heteroatoms. The first-order valence-corrected chi connectivity index (χ1v) is 6.53. The average molecular weight is 221 g/mol. The summed E-state index contributed by atoms with van der Waals surface area (Å²) in [6.45, 7) is 7.86. The van der Waals surface area contributed by atoms with Crippen molar-refractivity contribution in [3.8, 4) is 0 Å². The summed E-state index contributed by atoms with van der Waals surface area (Å²) >= 11 is 0. The van der Waals surface area contributed by atoms with Gasteiger partial charge in [0, 0.05) is 24.9 Å². The van der Waals surface area contributed by atoms with Gasteiger partial charge in [0.1, 0.15) is 5.82 Å². The molecule has 2 heterocycles. The Bertz CT molecular complexity index is 324. The minimum atomic E-state index is 0.783. The van der Waals surface area contributed by atoms with Crippen molar-refractivity contribution in [3.63, 3.8) is 0 Å². The Morgan fingerprint density at radius 2 is 2.44 bits per heavy atom. The SMILES string of the molecule is CCCn1c(C)cnc1C[C@H]1CCCNC1. The molecule has 0 aliphatic carbocycles. The van der Waals surface area contributed by atoms with Crippen LogP contribution in [0.5, 0.6) is 0 Å². The zero-order chi connectivity index (χ0) is 11.4. The molecule has 0 saturated carbocycles. The highest BCUT2D eigenvalue weighted by atomic mass is 15.1. The maximum absolute atomic E-state index is 4.56. The summed E-state index contributed by atoms with van der Waals surface area (Å²) in [6.07, 6.45) is 7.01. The fourth-order valence-corrected chi connectivity index (χ4v) is 2.56. The lowest BCUT2D eigenvalue weighted by Crippen LogP contribution is -2.31. The number of piperidine rings is 1. The van der Waals surface area contributed by atoms with Crippen LogP contribution in [0.3, 0.4) is 0 Å². The Kier molecular flexibility index (Phi) is 3.99. The Labute approximate surface area is 98.3 Å². The summed E-state index contributed by atoms with van der Waals surface area (Å²) in [6, 6.07) is 0. The predicted octanol–water partition coefficient (Wildman–Crippen LogP) is 2.14. The first-order chi connectivity index (χ1) is 7.81. The molecule has 0 amide bonds.